The number of hydrogen-bond acceptors (Lipinski definition) is 5. The van der Waals surface area contributed by atoms with E-state index in [0.29, 0.717) is 5.56 Å². The molecule has 120 valence electrons. The van der Waals surface area contributed by atoms with Crippen LogP contribution in [0.2, 0.25) is 0 Å². The Labute approximate surface area is 134 Å². The molecule has 2 N–H and O–H groups in total. The third kappa shape index (κ3) is 4.24. The first kappa shape index (κ1) is 16.9. The van der Waals surface area contributed by atoms with Crippen LogP contribution in [0.3, 0.4) is 0 Å². The van der Waals surface area contributed by atoms with Crippen LogP contribution < -0.4 is 10.0 Å². The van der Waals surface area contributed by atoms with Crippen LogP contribution in [0.5, 0.6) is 0 Å². The maximum absolute atomic E-state index is 12.1. The number of hydrogen-bond donors (Lipinski definition) is 2. The molecule has 0 unspecified atom stereocenters. The summed E-state index contributed by atoms with van der Waals surface area (Å²) >= 11 is 0. The summed E-state index contributed by atoms with van der Waals surface area (Å²) in [6.45, 7) is 0.188. The zero-order valence-electron chi connectivity index (χ0n) is 12.4. The quantitative estimate of drug-likeness (QED) is 0.776. The van der Waals surface area contributed by atoms with Gasteiger partial charge in [0.25, 0.3) is 15.9 Å². The van der Waals surface area contributed by atoms with Crippen molar-refractivity contribution in [3.8, 4) is 0 Å². The number of benzene rings is 2. The summed E-state index contributed by atoms with van der Waals surface area (Å²) in [5, 5.41) is 2.74. The predicted molar refractivity (Wildman–Crippen MR) is 85.8 cm³/mol. The van der Waals surface area contributed by atoms with E-state index in [2.05, 4.69) is 5.32 Å². The Morgan fingerprint density at radius 3 is 2.04 bits per heavy atom. The van der Waals surface area contributed by atoms with Gasteiger partial charge in [0, 0.05) is 11.1 Å². The molecule has 0 aliphatic carbocycles. The molecular formula is C16H16N2O4S. The Balaban J connectivity index is 2.14. The lowest BCUT2D eigenvalue weighted by Gasteiger charge is -2.07. The molecule has 23 heavy (non-hydrogen) atoms. The number of ketones is 1. The maximum atomic E-state index is 12.1. The van der Waals surface area contributed by atoms with Crippen molar-refractivity contribution in [3.63, 3.8) is 0 Å². The highest BCUT2D eigenvalue weighted by Crippen LogP contribution is 2.10. The summed E-state index contributed by atoms with van der Waals surface area (Å²) in [7, 11) is -2.26. The molecule has 2 aromatic carbocycles. The molecule has 0 spiro atoms. The third-order valence-corrected chi connectivity index (χ3v) is 4.43. The molecule has 0 aromatic heterocycles. The van der Waals surface area contributed by atoms with Crippen LogP contribution in [0, 0.1) is 0 Å². The van der Waals surface area contributed by atoms with Gasteiger partial charge in [-0.3, -0.25) is 9.59 Å². The Hall–Kier alpha value is -2.51. The fourth-order valence-corrected chi connectivity index (χ4v) is 2.90. The summed E-state index contributed by atoms with van der Waals surface area (Å²) in [5.74, 6) is -0.863. The third-order valence-electron chi connectivity index (χ3n) is 3.09. The molecule has 0 saturated heterocycles. The van der Waals surface area contributed by atoms with Crippen molar-refractivity contribution in [3.05, 3.63) is 65.7 Å². The Morgan fingerprint density at radius 2 is 1.48 bits per heavy atom. The van der Waals surface area contributed by atoms with Crippen molar-refractivity contribution in [1.29, 1.82) is 0 Å². The normalized spacial score (nSPS) is 11.0. The molecule has 0 radical (unpaired) electrons. The lowest BCUT2D eigenvalue weighted by molar-refractivity contribution is 0.0974. The molecule has 0 aliphatic heterocycles. The molecule has 1 amide bonds. The molecule has 0 saturated carbocycles. The molecule has 0 fully saturated rings. The molecule has 0 heterocycles. The van der Waals surface area contributed by atoms with Gasteiger partial charge in [-0.1, -0.05) is 30.3 Å². The van der Waals surface area contributed by atoms with Crippen molar-refractivity contribution in [2.45, 2.75) is 4.90 Å². The lowest BCUT2D eigenvalue weighted by atomic mass is 10.1. The Bertz CT molecular complexity index is 800. The van der Waals surface area contributed by atoms with Crippen LogP contribution in [0.25, 0.3) is 0 Å². The number of likely N-dealkylation sites (N-methyl/N-ethyl adjacent to an activating group) is 1. The van der Waals surface area contributed by atoms with Gasteiger partial charge in [-0.15, -0.1) is 0 Å². The summed E-state index contributed by atoms with van der Waals surface area (Å²) in [5.41, 5.74) is 0.604. The molecule has 0 aliphatic rings. The van der Waals surface area contributed by atoms with Gasteiger partial charge in [0.2, 0.25) is 0 Å². The van der Waals surface area contributed by atoms with Gasteiger partial charge in [0.1, 0.15) is 0 Å². The van der Waals surface area contributed by atoms with Crippen molar-refractivity contribution in [2.24, 2.45) is 0 Å². The SMILES string of the molecule is CNCC(=O)c1ccc(C(=O)NS(=O)(=O)c2ccccc2)cc1. The van der Waals surface area contributed by atoms with E-state index in [1.807, 2.05) is 4.72 Å². The number of carbonyl (C=O) groups excluding carboxylic acids is 2. The monoisotopic (exact) mass is 332 g/mol. The summed E-state index contributed by atoms with van der Waals surface area (Å²) in [6.07, 6.45) is 0. The zero-order chi connectivity index (χ0) is 16.9. The highest BCUT2D eigenvalue weighted by atomic mass is 32.2. The van der Waals surface area contributed by atoms with Crippen molar-refractivity contribution < 1.29 is 18.0 Å². The fraction of sp³-hybridized carbons (Fsp3) is 0.125. The van der Waals surface area contributed by atoms with Crippen molar-refractivity contribution >= 4 is 21.7 Å². The van der Waals surface area contributed by atoms with E-state index in [9.17, 15) is 18.0 Å². The van der Waals surface area contributed by atoms with Crippen LogP contribution in [-0.2, 0) is 10.0 Å². The number of amides is 1. The second-order valence-electron chi connectivity index (χ2n) is 4.78. The van der Waals surface area contributed by atoms with Crippen molar-refractivity contribution in [2.75, 3.05) is 13.6 Å². The second-order valence-corrected chi connectivity index (χ2v) is 6.46. The number of sulfonamides is 1. The van der Waals surface area contributed by atoms with Crippen LogP contribution in [-0.4, -0.2) is 33.7 Å². The van der Waals surface area contributed by atoms with Crippen LogP contribution in [0.4, 0.5) is 0 Å². The fourth-order valence-electron chi connectivity index (χ4n) is 1.91. The van der Waals surface area contributed by atoms with E-state index in [4.69, 9.17) is 0 Å². The van der Waals surface area contributed by atoms with E-state index in [0.717, 1.165) is 0 Å². The minimum atomic E-state index is -3.92. The summed E-state index contributed by atoms with van der Waals surface area (Å²) in [6, 6.07) is 13.4. The molecule has 7 heteroatoms. The van der Waals surface area contributed by atoms with E-state index in [1.54, 1.807) is 25.2 Å². The molecule has 2 aromatic rings. The largest absolute Gasteiger partial charge is 0.313 e. The first-order chi connectivity index (χ1) is 10.9. The molecular weight excluding hydrogens is 316 g/mol. The summed E-state index contributed by atoms with van der Waals surface area (Å²) < 4.78 is 26.2. The molecule has 6 nitrogen and oxygen atoms in total. The van der Waals surface area contributed by atoms with Gasteiger partial charge in [-0.05, 0) is 31.3 Å². The first-order valence-electron chi connectivity index (χ1n) is 6.84. The minimum absolute atomic E-state index is 0.00849. The lowest BCUT2D eigenvalue weighted by Crippen LogP contribution is -2.30. The smallest absolute Gasteiger partial charge is 0.264 e. The molecule has 0 atom stereocenters. The first-order valence-corrected chi connectivity index (χ1v) is 8.32. The van der Waals surface area contributed by atoms with Gasteiger partial charge in [-0.25, -0.2) is 13.1 Å². The van der Waals surface area contributed by atoms with E-state index in [-0.39, 0.29) is 22.8 Å². The maximum Gasteiger partial charge on any atom is 0.264 e. The summed E-state index contributed by atoms with van der Waals surface area (Å²) in [4.78, 5) is 23.7. The van der Waals surface area contributed by atoms with Gasteiger partial charge in [-0.2, -0.15) is 0 Å². The molecule has 2 rings (SSSR count). The topological polar surface area (TPSA) is 92.3 Å². The number of carbonyl (C=O) groups is 2. The van der Waals surface area contributed by atoms with Crippen molar-refractivity contribution in [1.82, 2.24) is 10.0 Å². The van der Waals surface area contributed by atoms with Crippen LogP contribution >= 0.6 is 0 Å². The molecule has 0 bridgehead atoms. The highest BCUT2D eigenvalue weighted by molar-refractivity contribution is 7.90. The Kier molecular flexibility index (Phi) is 5.25. The van der Waals surface area contributed by atoms with Gasteiger partial charge < -0.3 is 5.32 Å². The van der Waals surface area contributed by atoms with Gasteiger partial charge in [0.05, 0.1) is 11.4 Å². The predicted octanol–water partition coefficient (Wildman–Crippen LogP) is 1.21. The van der Waals surface area contributed by atoms with Crippen LogP contribution in [0.1, 0.15) is 20.7 Å². The van der Waals surface area contributed by atoms with E-state index in [1.165, 1.54) is 36.4 Å². The van der Waals surface area contributed by atoms with Crippen LogP contribution in [0.15, 0.2) is 59.5 Å². The van der Waals surface area contributed by atoms with E-state index < -0.39 is 15.9 Å². The number of nitrogens with one attached hydrogen (secondary N) is 2. The highest BCUT2D eigenvalue weighted by Gasteiger charge is 2.18. The average molecular weight is 332 g/mol. The standard InChI is InChI=1S/C16H16N2O4S/c1-17-11-15(19)12-7-9-13(10-8-12)16(20)18-23(21,22)14-5-3-2-4-6-14/h2-10,17H,11H2,1H3,(H,18,20). The Morgan fingerprint density at radius 1 is 0.913 bits per heavy atom. The zero-order valence-corrected chi connectivity index (χ0v) is 13.3. The number of Topliss-reactive ketones (excluding diaryl/α,β-unsaturated/α-hetero) is 1. The second kappa shape index (κ2) is 7.17. The average Bonchev–Trinajstić information content (AvgIpc) is 2.55. The van der Waals surface area contributed by atoms with Gasteiger partial charge in [0.15, 0.2) is 5.78 Å². The number of rotatable bonds is 6. The van der Waals surface area contributed by atoms with E-state index >= 15 is 0 Å². The minimum Gasteiger partial charge on any atom is -0.313 e. The van der Waals surface area contributed by atoms with Gasteiger partial charge >= 0.3 is 0 Å².